The molecule has 2 N–H and O–H groups in total. The Morgan fingerprint density at radius 3 is 2.80 bits per heavy atom. The fraction of sp³-hybridized carbons (Fsp3) is 0.500. The normalized spacial score (nSPS) is 16.4. The van der Waals surface area contributed by atoms with Crippen LogP contribution in [-0.4, -0.2) is 38.2 Å². The van der Waals surface area contributed by atoms with E-state index < -0.39 is 0 Å². The van der Waals surface area contributed by atoms with Crippen molar-refractivity contribution in [2.45, 2.75) is 25.8 Å². The van der Waals surface area contributed by atoms with E-state index in [2.05, 4.69) is 35.4 Å². The van der Waals surface area contributed by atoms with Crippen molar-refractivity contribution in [2.24, 2.45) is 0 Å². The van der Waals surface area contributed by atoms with Crippen molar-refractivity contribution in [3.63, 3.8) is 0 Å². The van der Waals surface area contributed by atoms with Crippen LogP contribution in [0, 0.1) is 0 Å². The van der Waals surface area contributed by atoms with Gasteiger partial charge in [0, 0.05) is 24.8 Å². The van der Waals surface area contributed by atoms with Crippen LogP contribution >= 0.6 is 11.6 Å². The Kier molecular flexibility index (Phi) is 3.68. The summed E-state index contributed by atoms with van der Waals surface area (Å²) in [4.78, 5) is 14.9. The van der Waals surface area contributed by atoms with Gasteiger partial charge in [0.15, 0.2) is 0 Å². The third-order valence-electron chi connectivity index (χ3n) is 3.35. The first kappa shape index (κ1) is 13.1. The van der Waals surface area contributed by atoms with Gasteiger partial charge in [-0.25, -0.2) is 0 Å². The second kappa shape index (κ2) is 5.62. The van der Waals surface area contributed by atoms with Gasteiger partial charge in [-0.2, -0.15) is 20.1 Å². The highest BCUT2D eigenvalue weighted by Gasteiger charge is 2.17. The van der Waals surface area contributed by atoms with Crippen molar-refractivity contribution in [1.82, 2.24) is 25.1 Å². The van der Waals surface area contributed by atoms with Crippen molar-refractivity contribution in [3.8, 4) is 0 Å². The number of aromatic nitrogens is 5. The molecule has 1 saturated heterocycles. The molecule has 3 rings (SSSR count). The minimum atomic E-state index is 0.0404. The van der Waals surface area contributed by atoms with Gasteiger partial charge in [0.25, 0.3) is 0 Å². The summed E-state index contributed by atoms with van der Waals surface area (Å²) >= 11 is 5.99. The number of hydrogen-bond acceptors (Lipinski definition) is 6. The number of H-pyrrole nitrogens is 1. The minimum Gasteiger partial charge on any atom is -0.347 e. The highest BCUT2D eigenvalue weighted by atomic mass is 35.5. The van der Waals surface area contributed by atoms with E-state index in [0.29, 0.717) is 11.9 Å². The van der Waals surface area contributed by atoms with Gasteiger partial charge in [0.05, 0.1) is 12.2 Å². The minimum absolute atomic E-state index is 0.0404. The molecule has 1 atom stereocenters. The van der Waals surface area contributed by atoms with E-state index in [1.165, 1.54) is 0 Å². The smallest absolute Gasteiger partial charge is 0.231 e. The third-order valence-corrected chi connectivity index (χ3v) is 3.52. The van der Waals surface area contributed by atoms with E-state index in [1.54, 1.807) is 6.20 Å². The summed E-state index contributed by atoms with van der Waals surface area (Å²) in [6.45, 7) is 3.95. The van der Waals surface area contributed by atoms with Crippen molar-refractivity contribution >= 4 is 23.5 Å². The maximum Gasteiger partial charge on any atom is 0.231 e. The van der Waals surface area contributed by atoms with Crippen molar-refractivity contribution in [1.29, 1.82) is 0 Å². The summed E-state index contributed by atoms with van der Waals surface area (Å²) < 4.78 is 0. The number of nitrogens with zero attached hydrogens (tertiary/aromatic N) is 5. The number of nitrogens with one attached hydrogen (secondary N) is 2. The molecule has 0 aliphatic carbocycles. The lowest BCUT2D eigenvalue weighted by Crippen LogP contribution is -2.22. The van der Waals surface area contributed by atoms with Crippen LogP contribution in [0.1, 0.15) is 31.4 Å². The van der Waals surface area contributed by atoms with Crippen LogP contribution < -0.4 is 10.2 Å². The van der Waals surface area contributed by atoms with Gasteiger partial charge in [-0.3, -0.25) is 5.10 Å². The molecule has 0 saturated carbocycles. The first-order valence-corrected chi connectivity index (χ1v) is 7.02. The first-order valence-electron chi connectivity index (χ1n) is 6.64. The second-order valence-electron chi connectivity index (χ2n) is 4.82. The highest BCUT2D eigenvalue weighted by Crippen LogP contribution is 2.21. The molecule has 0 spiro atoms. The van der Waals surface area contributed by atoms with Gasteiger partial charge in [-0.1, -0.05) is 0 Å². The number of rotatable bonds is 4. The monoisotopic (exact) mass is 293 g/mol. The van der Waals surface area contributed by atoms with Crippen molar-refractivity contribution in [3.05, 3.63) is 23.2 Å². The fourth-order valence-electron chi connectivity index (χ4n) is 2.24. The van der Waals surface area contributed by atoms with E-state index in [9.17, 15) is 0 Å². The molecule has 2 aromatic rings. The Morgan fingerprint density at radius 2 is 2.10 bits per heavy atom. The molecule has 8 heteroatoms. The van der Waals surface area contributed by atoms with Crippen LogP contribution in [0.25, 0.3) is 0 Å². The molecule has 0 aromatic carbocycles. The van der Waals surface area contributed by atoms with Crippen LogP contribution in [0.15, 0.2) is 12.4 Å². The summed E-state index contributed by atoms with van der Waals surface area (Å²) in [6.07, 6.45) is 5.93. The predicted octanol–water partition coefficient (Wildman–Crippen LogP) is 2.02. The molecule has 2 aromatic heterocycles. The van der Waals surface area contributed by atoms with Crippen LogP contribution in [0.3, 0.4) is 0 Å². The number of anilines is 2. The first-order chi connectivity index (χ1) is 9.72. The Labute approximate surface area is 121 Å². The quantitative estimate of drug-likeness (QED) is 0.897. The standard InChI is InChI=1S/C12H16ClN7/c1-8(9-6-14-15-7-9)16-11-17-10(13)18-12(19-11)20-4-2-3-5-20/h6-8H,2-5H2,1H3,(H,14,15)(H,16,17,18,19). The molecule has 1 aliphatic heterocycles. The summed E-state index contributed by atoms with van der Waals surface area (Å²) in [6, 6.07) is 0.0404. The van der Waals surface area contributed by atoms with E-state index in [1.807, 2.05) is 13.1 Å². The number of aromatic amines is 1. The maximum absolute atomic E-state index is 5.99. The second-order valence-corrected chi connectivity index (χ2v) is 5.16. The average Bonchev–Trinajstić information content (AvgIpc) is 3.12. The molecule has 0 bridgehead atoms. The molecule has 1 unspecified atom stereocenters. The number of hydrogen-bond donors (Lipinski definition) is 2. The van der Waals surface area contributed by atoms with Gasteiger partial charge in [-0.05, 0) is 31.4 Å². The molecule has 106 valence electrons. The Balaban J connectivity index is 1.79. The molecule has 1 aliphatic rings. The molecule has 1 fully saturated rings. The predicted molar refractivity (Wildman–Crippen MR) is 76.9 cm³/mol. The summed E-state index contributed by atoms with van der Waals surface area (Å²) in [7, 11) is 0. The van der Waals surface area contributed by atoms with Gasteiger partial charge < -0.3 is 10.2 Å². The SMILES string of the molecule is CC(Nc1nc(Cl)nc(N2CCCC2)n1)c1cn[nH]c1. The van der Waals surface area contributed by atoms with Crippen molar-refractivity contribution < 1.29 is 0 Å². The van der Waals surface area contributed by atoms with E-state index in [-0.39, 0.29) is 11.3 Å². The van der Waals surface area contributed by atoms with E-state index >= 15 is 0 Å². The van der Waals surface area contributed by atoms with Gasteiger partial charge in [-0.15, -0.1) is 0 Å². The van der Waals surface area contributed by atoms with Crippen LogP contribution in [0.2, 0.25) is 5.28 Å². The lowest BCUT2D eigenvalue weighted by atomic mass is 10.2. The Hall–Kier alpha value is -1.89. The molecule has 0 radical (unpaired) electrons. The maximum atomic E-state index is 5.99. The highest BCUT2D eigenvalue weighted by molar-refractivity contribution is 6.28. The zero-order valence-corrected chi connectivity index (χ0v) is 11.9. The summed E-state index contributed by atoms with van der Waals surface area (Å²) in [5.41, 5.74) is 1.03. The van der Waals surface area contributed by atoms with Crippen molar-refractivity contribution in [2.75, 3.05) is 23.3 Å². The zero-order valence-electron chi connectivity index (χ0n) is 11.2. The molecular weight excluding hydrogens is 278 g/mol. The molecule has 20 heavy (non-hydrogen) atoms. The lowest BCUT2D eigenvalue weighted by molar-refractivity contribution is 0.834. The van der Waals surface area contributed by atoms with Crippen LogP contribution in [0.5, 0.6) is 0 Å². The lowest BCUT2D eigenvalue weighted by Gasteiger charge is -2.17. The Morgan fingerprint density at radius 1 is 1.30 bits per heavy atom. The van der Waals surface area contributed by atoms with Gasteiger partial charge >= 0.3 is 0 Å². The fourth-order valence-corrected chi connectivity index (χ4v) is 2.39. The van der Waals surface area contributed by atoms with Crippen LogP contribution in [-0.2, 0) is 0 Å². The molecule has 7 nitrogen and oxygen atoms in total. The summed E-state index contributed by atoms with van der Waals surface area (Å²) in [5.74, 6) is 1.13. The largest absolute Gasteiger partial charge is 0.347 e. The molecule has 3 heterocycles. The summed E-state index contributed by atoms with van der Waals surface area (Å²) in [5, 5.41) is 10.1. The van der Waals surface area contributed by atoms with Gasteiger partial charge in [0.1, 0.15) is 0 Å². The average molecular weight is 294 g/mol. The Bertz CT molecular complexity index is 565. The van der Waals surface area contributed by atoms with Gasteiger partial charge in [0.2, 0.25) is 17.2 Å². The zero-order chi connectivity index (χ0) is 13.9. The van der Waals surface area contributed by atoms with E-state index in [0.717, 1.165) is 31.5 Å². The molecule has 0 amide bonds. The van der Waals surface area contributed by atoms with Crippen LogP contribution in [0.4, 0.5) is 11.9 Å². The number of halogens is 1. The molecular formula is C12H16ClN7. The topological polar surface area (TPSA) is 82.6 Å². The van der Waals surface area contributed by atoms with E-state index in [4.69, 9.17) is 11.6 Å². The third kappa shape index (κ3) is 2.82.